The van der Waals surface area contributed by atoms with Gasteiger partial charge in [0.1, 0.15) is 5.01 Å². The van der Waals surface area contributed by atoms with Gasteiger partial charge in [-0.1, -0.05) is 5.16 Å². The van der Waals surface area contributed by atoms with Crippen molar-refractivity contribution in [3.63, 3.8) is 0 Å². The van der Waals surface area contributed by atoms with Crippen LogP contribution in [-0.4, -0.2) is 15.1 Å². The highest BCUT2D eigenvalue weighted by atomic mass is 32.1. The Hall–Kier alpha value is -1.27. The zero-order valence-electron chi connectivity index (χ0n) is 9.52. The highest BCUT2D eigenvalue weighted by Gasteiger charge is 2.10. The SMILES string of the molecule is Cc1noc(CN[C@@H](C)c2ncc(C)s2)n1. The van der Waals surface area contributed by atoms with Gasteiger partial charge in [-0.2, -0.15) is 4.98 Å². The second-order valence-electron chi connectivity index (χ2n) is 3.65. The van der Waals surface area contributed by atoms with Crippen molar-refractivity contribution in [2.75, 3.05) is 0 Å². The first-order valence-corrected chi connectivity index (χ1v) is 5.91. The number of aryl methyl sites for hydroxylation is 2. The molecule has 0 aliphatic heterocycles. The molecule has 5 nitrogen and oxygen atoms in total. The average Bonchev–Trinajstić information content (AvgIpc) is 2.84. The second kappa shape index (κ2) is 4.71. The summed E-state index contributed by atoms with van der Waals surface area (Å²) in [7, 11) is 0. The minimum Gasteiger partial charge on any atom is -0.338 e. The molecular formula is C10H14N4OS. The minimum atomic E-state index is 0.200. The predicted octanol–water partition coefficient (Wildman–Crippen LogP) is 1.99. The summed E-state index contributed by atoms with van der Waals surface area (Å²) in [6, 6.07) is 0.200. The molecule has 1 atom stereocenters. The van der Waals surface area contributed by atoms with Gasteiger partial charge >= 0.3 is 0 Å². The lowest BCUT2D eigenvalue weighted by Crippen LogP contribution is -2.18. The molecule has 86 valence electrons. The molecule has 0 spiro atoms. The lowest BCUT2D eigenvalue weighted by atomic mass is 10.3. The highest BCUT2D eigenvalue weighted by Crippen LogP contribution is 2.19. The fraction of sp³-hybridized carbons (Fsp3) is 0.500. The molecule has 0 saturated heterocycles. The van der Waals surface area contributed by atoms with E-state index in [1.165, 1.54) is 4.88 Å². The topological polar surface area (TPSA) is 63.8 Å². The number of nitrogens with one attached hydrogen (secondary N) is 1. The fourth-order valence-corrected chi connectivity index (χ4v) is 2.11. The number of rotatable bonds is 4. The molecule has 0 unspecified atom stereocenters. The van der Waals surface area contributed by atoms with Gasteiger partial charge in [0.25, 0.3) is 0 Å². The van der Waals surface area contributed by atoms with Crippen LogP contribution < -0.4 is 5.32 Å². The first kappa shape index (κ1) is 11.2. The van der Waals surface area contributed by atoms with Crippen molar-refractivity contribution in [3.8, 4) is 0 Å². The number of hydrogen-bond acceptors (Lipinski definition) is 6. The average molecular weight is 238 g/mol. The van der Waals surface area contributed by atoms with E-state index in [0.29, 0.717) is 18.3 Å². The monoisotopic (exact) mass is 238 g/mol. The normalized spacial score (nSPS) is 12.9. The van der Waals surface area contributed by atoms with E-state index in [1.54, 1.807) is 18.3 Å². The largest absolute Gasteiger partial charge is 0.338 e. The number of nitrogens with zero attached hydrogens (tertiary/aromatic N) is 3. The van der Waals surface area contributed by atoms with Crippen LogP contribution in [0, 0.1) is 13.8 Å². The highest BCUT2D eigenvalue weighted by molar-refractivity contribution is 7.11. The van der Waals surface area contributed by atoms with E-state index in [1.807, 2.05) is 6.20 Å². The van der Waals surface area contributed by atoms with Gasteiger partial charge in [-0.15, -0.1) is 11.3 Å². The fourth-order valence-electron chi connectivity index (χ4n) is 1.31. The van der Waals surface area contributed by atoms with Crippen molar-refractivity contribution in [2.45, 2.75) is 33.4 Å². The molecule has 0 saturated carbocycles. The first-order chi connectivity index (χ1) is 7.65. The van der Waals surface area contributed by atoms with Gasteiger partial charge in [0.05, 0.1) is 12.6 Å². The van der Waals surface area contributed by atoms with Crippen LogP contribution in [0.15, 0.2) is 10.7 Å². The maximum atomic E-state index is 5.02. The molecule has 0 aromatic carbocycles. The molecule has 0 fully saturated rings. The van der Waals surface area contributed by atoms with Crippen LogP contribution in [0.25, 0.3) is 0 Å². The van der Waals surface area contributed by atoms with Crippen LogP contribution in [0.4, 0.5) is 0 Å². The molecule has 0 bridgehead atoms. The van der Waals surface area contributed by atoms with Gasteiger partial charge in [-0.3, -0.25) is 5.32 Å². The zero-order valence-corrected chi connectivity index (χ0v) is 10.3. The summed E-state index contributed by atoms with van der Waals surface area (Å²) in [5, 5.41) is 8.10. The summed E-state index contributed by atoms with van der Waals surface area (Å²) in [6.07, 6.45) is 1.88. The molecule has 6 heteroatoms. The molecule has 0 amide bonds. The Labute approximate surface area is 97.9 Å². The van der Waals surface area contributed by atoms with Crippen LogP contribution in [-0.2, 0) is 6.54 Å². The molecule has 0 aliphatic rings. The Morgan fingerprint density at radius 1 is 1.50 bits per heavy atom. The molecule has 0 aliphatic carbocycles. The Morgan fingerprint density at radius 2 is 2.31 bits per heavy atom. The van der Waals surface area contributed by atoms with E-state index in [9.17, 15) is 0 Å². The molecule has 0 radical (unpaired) electrons. The summed E-state index contributed by atoms with van der Waals surface area (Å²) in [6.45, 7) is 6.50. The van der Waals surface area contributed by atoms with Crippen LogP contribution in [0.1, 0.15) is 34.6 Å². The third-order valence-corrected chi connectivity index (χ3v) is 3.23. The Bertz CT molecular complexity index is 465. The van der Waals surface area contributed by atoms with Crippen LogP contribution in [0.3, 0.4) is 0 Å². The summed E-state index contributed by atoms with van der Waals surface area (Å²) in [4.78, 5) is 9.67. The molecule has 2 aromatic heterocycles. The molecule has 16 heavy (non-hydrogen) atoms. The van der Waals surface area contributed by atoms with Gasteiger partial charge in [0, 0.05) is 11.1 Å². The number of thiazole rings is 1. The summed E-state index contributed by atoms with van der Waals surface area (Å²) < 4.78 is 5.02. The van der Waals surface area contributed by atoms with Crippen LogP contribution >= 0.6 is 11.3 Å². The quantitative estimate of drug-likeness (QED) is 0.882. The summed E-state index contributed by atoms with van der Waals surface area (Å²) in [5.41, 5.74) is 0. The Kier molecular flexibility index (Phi) is 3.31. The minimum absolute atomic E-state index is 0.200. The predicted molar refractivity (Wildman–Crippen MR) is 61.1 cm³/mol. The Balaban J connectivity index is 1.91. The number of hydrogen-bond donors (Lipinski definition) is 1. The maximum Gasteiger partial charge on any atom is 0.240 e. The van der Waals surface area contributed by atoms with E-state index < -0.39 is 0 Å². The van der Waals surface area contributed by atoms with Crippen LogP contribution in [0.2, 0.25) is 0 Å². The molecule has 1 N–H and O–H groups in total. The van der Waals surface area contributed by atoms with Gasteiger partial charge in [0.15, 0.2) is 5.82 Å². The van der Waals surface area contributed by atoms with Gasteiger partial charge < -0.3 is 4.52 Å². The smallest absolute Gasteiger partial charge is 0.240 e. The lowest BCUT2D eigenvalue weighted by Gasteiger charge is -2.08. The molecule has 2 aromatic rings. The van der Waals surface area contributed by atoms with E-state index in [-0.39, 0.29) is 6.04 Å². The van der Waals surface area contributed by atoms with E-state index in [4.69, 9.17) is 4.52 Å². The third-order valence-electron chi connectivity index (χ3n) is 2.14. The third kappa shape index (κ3) is 2.65. The number of aromatic nitrogens is 3. The summed E-state index contributed by atoms with van der Waals surface area (Å²) >= 11 is 1.70. The molecular weight excluding hydrogens is 224 g/mol. The summed E-state index contributed by atoms with van der Waals surface area (Å²) in [5.74, 6) is 1.27. The van der Waals surface area contributed by atoms with Crippen molar-refractivity contribution >= 4 is 11.3 Å². The maximum absolute atomic E-state index is 5.02. The zero-order chi connectivity index (χ0) is 11.5. The van der Waals surface area contributed by atoms with E-state index in [0.717, 1.165) is 5.01 Å². The van der Waals surface area contributed by atoms with E-state index >= 15 is 0 Å². The van der Waals surface area contributed by atoms with Crippen molar-refractivity contribution in [2.24, 2.45) is 0 Å². The van der Waals surface area contributed by atoms with E-state index in [2.05, 4.69) is 34.3 Å². The van der Waals surface area contributed by atoms with Crippen molar-refractivity contribution in [1.29, 1.82) is 0 Å². The first-order valence-electron chi connectivity index (χ1n) is 5.10. The van der Waals surface area contributed by atoms with Crippen molar-refractivity contribution < 1.29 is 4.52 Å². The van der Waals surface area contributed by atoms with Gasteiger partial charge in [-0.05, 0) is 20.8 Å². The van der Waals surface area contributed by atoms with Crippen molar-refractivity contribution in [1.82, 2.24) is 20.4 Å². The molecule has 2 rings (SSSR count). The molecule has 2 heterocycles. The van der Waals surface area contributed by atoms with Gasteiger partial charge in [-0.25, -0.2) is 4.98 Å². The lowest BCUT2D eigenvalue weighted by molar-refractivity contribution is 0.357. The van der Waals surface area contributed by atoms with Crippen LogP contribution in [0.5, 0.6) is 0 Å². The van der Waals surface area contributed by atoms with Gasteiger partial charge in [0.2, 0.25) is 5.89 Å². The second-order valence-corrected chi connectivity index (χ2v) is 4.91. The Morgan fingerprint density at radius 3 is 2.88 bits per heavy atom. The standard InChI is InChI=1S/C10H14N4OS/c1-6-4-12-10(16-6)7(2)11-5-9-13-8(3)14-15-9/h4,7,11H,5H2,1-3H3/t7-/m0/s1. The van der Waals surface area contributed by atoms with Crippen molar-refractivity contribution in [3.05, 3.63) is 27.8 Å².